The van der Waals surface area contributed by atoms with Gasteiger partial charge in [0.25, 0.3) is 0 Å². The Balaban J connectivity index is 2.12. The van der Waals surface area contributed by atoms with E-state index in [1.54, 1.807) is 6.92 Å². The van der Waals surface area contributed by atoms with Crippen molar-refractivity contribution in [3.05, 3.63) is 41.7 Å². The predicted octanol–water partition coefficient (Wildman–Crippen LogP) is 2.45. The first kappa shape index (κ1) is 12.7. The highest BCUT2D eigenvalue weighted by molar-refractivity contribution is 8.00. The fourth-order valence-corrected chi connectivity index (χ4v) is 2.15. The average molecular weight is 269 g/mol. The summed E-state index contributed by atoms with van der Waals surface area (Å²) in [7, 11) is 0. The number of ketones is 1. The van der Waals surface area contributed by atoms with Crippen molar-refractivity contribution < 1.29 is 13.6 Å². The van der Waals surface area contributed by atoms with Gasteiger partial charge in [0.1, 0.15) is 6.33 Å². The summed E-state index contributed by atoms with van der Waals surface area (Å²) in [6, 6.07) is 3.10. The number of benzene rings is 1. The SMILES string of the molecule is C[C@@H](Sc1ncn[nH]1)C(=O)c1ccc(F)c(F)c1. The van der Waals surface area contributed by atoms with E-state index in [-0.39, 0.29) is 11.3 Å². The largest absolute Gasteiger partial charge is 0.293 e. The lowest BCUT2D eigenvalue weighted by Gasteiger charge is -2.08. The quantitative estimate of drug-likeness (QED) is 0.684. The molecule has 0 amide bonds. The summed E-state index contributed by atoms with van der Waals surface area (Å²) in [6.07, 6.45) is 1.33. The molecule has 0 aliphatic carbocycles. The van der Waals surface area contributed by atoms with E-state index in [2.05, 4.69) is 15.2 Å². The highest BCUT2D eigenvalue weighted by Gasteiger charge is 2.19. The molecular formula is C11H9F2N3OS. The molecule has 0 unspecified atom stereocenters. The fourth-order valence-electron chi connectivity index (χ4n) is 1.36. The standard InChI is InChI=1S/C11H9F2N3OS/c1-6(18-11-14-5-15-16-11)10(17)7-2-3-8(12)9(13)4-7/h2-6H,1H3,(H,14,15,16)/t6-/m1/s1. The lowest BCUT2D eigenvalue weighted by atomic mass is 10.1. The van der Waals surface area contributed by atoms with Gasteiger partial charge < -0.3 is 0 Å². The number of halogens is 2. The van der Waals surface area contributed by atoms with E-state index in [9.17, 15) is 13.6 Å². The van der Waals surface area contributed by atoms with Gasteiger partial charge in [0, 0.05) is 5.56 Å². The Morgan fingerprint density at radius 2 is 2.17 bits per heavy atom. The van der Waals surface area contributed by atoms with E-state index in [1.165, 1.54) is 24.2 Å². The molecule has 18 heavy (non-hydrogen) atoms. The molecule has 1 atom stereocenters. The number of rotatable bonds is 4. The number of nitrogens with one attached hydrogen (secondary N) is 1. The molecule has 94 valence electrons. The number of thioether (sulfide) groups is 1. The molecule has 0 fully saturated rings. The van der Waals surface area contributed by atoms with E-state index in [0.29, 0.717) is 5.16 Å². The lowest BCUT2D eigenvalue weighted by Crippen LogP contribution is -2.14. The van der Waals surface area contributed by atoms with Gasteiger partial charge in [-0.15, -0.1) is 0 Å². The van der Waals surface area contributed by atoms with Crippen LogP contribution in [-0.4, -0.2) is 26.2 Å². The Kier molecular flexibility index (Phi) is 3.71. The van der Waals surface area contributed by atoms with Crippen molar-refractivity contribution in [2.45, 2.75) is 17.3 Å². The van der Waals surface area contributed by atoms with Crippen molar-refractivity contribution >= 4 is 17.5 Å². The third-order valence-corrected chi connectivity index (χ3v) is 3.24. The van der Waals surface area contributed by atoms with Crippen molar-refractivity contribution in [3.63, 3.8) is 0 Å². The van der Waals surface area contributed by atoms with Crippen LogP contribution < -0.4 is 0 Å². The van der Waals surface area contributed by atoms with Gasteiger partial charge in [0.05, 0.1) is 5.25 Å². The monoisotopic (exact) mass is 269 g/mol. The molecule has 7 heteroatoms. The summed E-state index contributed by atoms with van der Waals surface area (Å²) >= 11 is 1.17. The van der Waals surface area contributed by atoms with Gasteiger partial charge in [-0.05, 0) is 25.1 Å². The molecule has 0 aliphatic rings. The maximum atomic E-state index is 13.0. The van der Waals surface area contributed by atoms with Crippen LogP contribution in [0.1, 0.15) is 17.3 Å². The molecular weight excluding hydrogens is 260 g/mol. The highest BCUT2D eigenvalue weighted by atomic mass is 32.2. The van der Waals surface area contributed by atoms with Crippen LogP contribution in [0, 0.1) is 11.6 Å². The number of H-pyrrole nitrogens is 1. The predicted molar refractivity (Wildman–Crippen MR) is 62.4 cm³/mol. The normalized spacial score (nSPS) is 12.4. The highest BCUT2D eigenvalue weighted by Crippen LogP contribution is 2.22. The zero-order chi connectivity index (χ0) is 13.1. The first-order valence-corrected chi connectivity index (χ1v) is 5.97. The van der Waals surface area contributed by atoms with Crippen LogP contribution in [-0.2, 0) is 0 Å². The maximum absolute atomic E-state index is 13.0. The molecule has 0 radical (unpaired) electrons. The molecule has 1 aromatic heterocycles. The second-order valence-corrected chi connectivity index (χ2v) is 4.87. The molecule has 1 aromatic carbocycles. The van der Waals surface area contributed by atoms with Gasteiger partial charge in [-0.3, -0.25) is 9.89 Å². The van der Waals surface area contributed by atoms with Crippen molar-refractivity contribution in [1.82, 2.24) is 15.2 Å². The zero-order valence-corrected chi connectivity index (χ0v) is 10.2. The van der Waals surface area contributed by atoms with Crippen molar-refractivity contribution in [3.8, 4) is 0 Å². The van der Waals surface area contributed by atoms with Crippen LogP contribution in [0.15, 0.2) is 29.7 Å². The topological polar surface area (TPSA) is 58.6 Å². The second kappa shape index (κ2) is 5.26. The van der Waals surface area contributed by atoms with Gasteiger partial charge in [-0.1, -0.05) is 11.8 Å². The van der Waals surface area contributed by atoms with Gasteiger partial charge in [0.2, 0.25) is 0 Å². The molecule has 2 rings (SSSR count). The minimum absolute atomic E-state index is 0.133. The van der Waals surface area contributed by atoms with Gasteiger partial charge in [-0.25, -0.2) is 13.8 Å². The third kappa shape index (κ3) is 2.73. The van der Waals surface area contributed by atoms with Crippen molar-refractivity contribution in [2.24, 2.45) is 0 Å². The second-order valence-electron chi connectivity index (χ2n) is 3.54. The zero-order valence-electron chi connectivity index (χ0n) is 9.35. The molecule has 0 saturated carbocycles. The minimum Gasteiger partial charge on any atom is -0.293 e. The summed E-state index contributed by atoms with van der Waals surface area (Å²) in [4.78, 5) is 15.8. The minimum atomic E-state index is -1.03. The first-order chi connectivity index (χ1) is 8.58. The molecule has 0 bridgehead atoms. The summed E-state index contributed by atoms with van der Waals surface area (Å²) < 4.78 is 25.8. The lowest BCUT2D eigenvalue weighted by molar-refractivity contribution is 0.0993. The van der Waals surface area contributed by atoms with Crippen LogP contribution in [0.2, 0.25) is 0 Å². The van der Waals surface area contributed by atoms with Crippen LogP contribution in [0.25, 0.3) is 0 Å². The number of hydrogen-bond acceptors (Lipinski definition) is 4. The van der Waals surface area contributed by atoms with E-state index in [0.717, 1.165) is 12.1 Å². The van der Waals surface area contributed by atoms with Crippen LogP contribution in [0.4, 0.5) is 8.78 Å². The number of carbonyl (C=O) groups excluding carboxylic acids is 1. The average Bonchev–Trinajstić information content (AvgIpc) is 2.84. The number of hydrogen-bond donors (Lipinski definition) is 1. The molecule has 2 aromatic rings. The Bertz CT molecular complexity index is 559. The van der Waals surface area contributed by atoms with Gasteiger partial charge >= 0.3 is 0 Å². The third-order valence-electron chi connectivity index (χ3n) is 2.25. The first-order valence-electron chi connectivity index (χ1n) is 5.09. The van der Waals surface area contributed by atoms with E-state index >= 15 is 0 Å². The Hall–Kier alpha value is -1.76. The summed E-state index contributed by atoms with van der Waals surface area (Å²) in [5.74, 6) is -2.30. The Morgan fingerprint density at radius 1 is 1.39 bits per heavy atom. The van der Waals surface area contributed by atoms with Crippen LogP contribution >= 0.6 is 11.8 Å². The Morgan fingerprint density at radius 3 is 2.78 bits per heavy atom. The molecule has 0 aliphatic heterocycles. The summed E-state index contributed by atoms with van der Waals surface area (Å²) in [5.41, 5.74) is 0.133. The number of aromatic amines is 1. The number of carbonyl (C=O) groups is 1. The molecule has 0 saturated heterocycles. The van der Waals surface area contributed by atoms with E-state index in [4.69, 9.17) is 0 Å². The van der Waals surface area contributed by atoms with Crippen molar-refractivity contribution in [1.29, 1.82) is 0 Å². The van der Waals surface area contributed by atoms with Gasteiger partial charge in [0.15, 0.2) is 22.6 Å². The molecule has 4 nitrogen and oxygen atoms in total. The molecule has 1 heterocycles. The number of Topliss-reactive ketones (excluding diaryl/α,β-unsaturated/α-hetero) is 1. The summed E-state index contributed by atoms with van der Waals surface area (Å²) in [6.45, 7) is 1.66. The fraction of sp³-hybridized carbons (Fsp3) is 0.182. The van der Waals surface area contributed by atoms with Crippen LogP contribution in [0.3, 0.4) is 0 Å². The molecule has 0 spiro atoms. The smallest absolute Gasteiger partial charge is 0.184 e. The number of aromatic nitrogens is 3. The van der Waals surface area contributed by atoms with Gasteiger partial charge in [-0.2, -0.15) is 5.10 Å². The van der Waals surface area contributed by atoms with Crippen LogP contribution in [0.5, 0.6) is 0 Å². The Labute approximate surface area is 106 Å². The van der Waals surface area contributed by atoms with E-state index < -0.39 is 16.9 Å². The van der Waals surface area contributed by atoms with E-state index in [1.807, 2.05) is 0 Å². The molecule has 1 N–H and O–H groups in total. The number of nitrogens with zero attached hydrogens (tertiary/aromatic N) is 2. The maximum Gasteiger partial charge on any atom is 0.184 e. The summed E-state index contributed by atoms with van der Waals surface area (Å²) in [5, 5.41) is 6.29. The van der Waals surface area contributed by atoms with Crippen molar-refractivity contribution in [2.75, 3.05) is 0 Å².